The first-order valence-corrected chi connectivity index (χ1v) is 6.12. The maximum absolute atomic E-state index is 6.20. The number of likely N-dealkylation sites (tertiary alicyclic amines) is 1. The quantitative estimate of drug-likeness (QED) is 0.826. The summed E-state index contributed by atoms with van der Waals surface area (Å²) in [5.41, 5.74) is 7.79. The molecule has 2 heterocycles. The summed E-state index contributed by atoms with van der Waals surface area (Å²) in [4.78, 5) is 6.69. The topological polar surface area (TPSA) is 42.1 Å². The molecule has 0 aliphatic carbocycles. The fourth-order valence-electron chi connectivity index (χ4n) is 2.23. The number of para-hydroxylation sites is 1. The molecule has 3 nitrogen and oxygen atoms in total. The highest BCUT2D eigenvalue weighted by Gasteiger charge is 2.23. The molecule has 3 rings (SSSR count). The molecule has 0 amide bonds. The van der Waals surface area contributed by atoms with E-state index in [0.717, 1.165) is 36.1 Å². The van der Waals surface area contributed by atoms with Crippen LogP contribution in [0.4, 0.5) is 0 Å². The number of rotatable bonds is 2. The van der Waals surface area contributed by atoms with Crippen LogP contribution in [-0.4, -0.2) is 29.0 Å². The Balaban J connectivity index is 1.90. The average molecular weight is 248 g/mol. The lowest BCUT2D eigenvalue weighted by Crippen LogP contribution is -2.54. The van der Waals surface area contributed by atoms with Gasteiger partial charge in [-0.05, 0) is 12.1 Å². The Morgan fingerprint density at radius 3 is 2.88 bits per heavy atom. The minimum Gasteiger partial charge on any atom is -0.325 e. The van der Waals surface area contributed by atoms with Gasteiger partial charge in [0.2, 0.25) is 0 Å². The standard InChI is InChI=1S/C13H14ClN3/c14-13-10(6-17-7-11(15)8-17)5-9-3-1-2-4-12(9)16-13/h1-5,11H,6-8,15H2. The molecule has 1 saturated heterocycles. The number of halogens is 1. The molecular weight excluding hydrogens is 234 g/mol. The van der Waals surface area contributed by atoms with Crippen molar-refractivity contribution < 1.29 is 0 Å². The van der Waals surface area contributed by atoms with Gasteiger partial charge in [-0.25, -0.2) is 4.98 Å². The van der Waals surface area contributed by atoms with Crippen LogP contribution in [0.15, 0.2) is 30.3 Å². The normalized spacial score (nSPS) is 17.3. The summed E-state index contributed by atoms with van der Waals surface area (Å²) in [5.74, 6) is 0. The largest absolute Gasteiger partial charge is 0.325 e. The zero-order chi connectivity index (χ0) is 11.8. The van der Waals surface area contributed by atoms with Gasteiger partial charge in [-0.2, -0.15) is 0 Å². The molecule has 0 radical (unpaired) electrons. The van der Waals surface area contributed by atoms with Crippen LogP contribution in [0.25, 0.3) is 10.9 Å². The van der Waals surface area contributed by atoms with E-state index in [-0.39, 0.29) is 0 Å². The summed E-state index contributed by atoms with van der Waals surface area (Å²) in [6.07, 6.45) is 0. The van der Waals surface area contributed by atoms with Crippen LogP contribution in [-0.2, 0) is 6.54 Å². The zero-order valence-corrected chi connectivity index (χ0v) is 10.2. The summed E-state index contributed by atoms with van der Waals surface area (Å²) >= 11 is 6.20. The summed E-state index contributed by atoms with van der Waals surface area (Å²) in [6, 6.07) is 10.5. The average Bonchev–Trinajstić information content (AvgIpc) is 2.28. The summed E-state index contributed by atoms with van der Waals surface area (Å²) < 4.78 is 0. The monoisotopic (exact) mass is 247 g/mol. The van der Waals surface area contributed by atoms with Crippen molar-refractivity contribution in [3.63, 3.8) is 0 Å². The molecule has 0 unspecified atom stereocenters. The van der Waals surface area contributed by atoms with Crippen LogP contribution in [0.3, 0.4) is 0 Å². The fourth-order valence-corrected chi connectivity index (χ4v) is 2.43. The van der Waals surface area contributed by atoms with Crippen molar-refractivity contribution in [1.82, 2.24) is 9.88 Å². The molecule has 1 aromatic carbocycles. The van der Waals surface area contributed by atoms with Gasteiger partial charge < -0.3 is 5.73 Å². The minimum atomic E-state index is 0.321. The first kappa shape index (κ1) is 11.0. The van der Waals surface area contributed by atoms with Gasteiger partial charge in [0.25, 0.3) is 0 Å². The molecule has 1 aliphatic heterocycles. The van der Waals surface area contributed by atoms with E-state index in [1.165, 1.54) is 0 Å². The van der Waals surface area contributed by atoms with Gasteiger partial charge in [-0.3, -0.25) is 4.90 Å². The van der Waals surface area contributed by atoms with E-state index in [1.54, 1.807) is 0 Å². The highest BCUT2D eigenvalue weighted by atomic mass is 35.5. The first-order chi connectivity index (χ1) is 8.22. The van der Waals surface area contributed by atoms with Crippen molar-refractivity contribution in [3.8, 4) is 0 Å². The van der Waals surface area contributed by atoms with Crippen LogP contribution in [0.2, 0.25) is 5.15 Å². The summed E-state index contributed by atoms with van der Waals surface area (Å²) in [6.45, 7) is 2.73. The Labute approximate surface area is 105 Å². The number of nitrogens with zero attached hydrogens (tertiary/aromatic N) is 2. The maximum Gasteiger partial charge on any atom is 0.134 e. The lowest BCUT2D eigenvalue weighted by Gasteiger charge is -2.36. The van der Waals surface area contributed by atoms with Crippen LogP contribution in [0.5, 0.6) is 0 Å². The van der Waals surface area contributed by atoms with Crippen LogP contribution in [0.1, 0.15) is 5.56 Å². The molecule has 4 heteroatoms. The van der Waals surface area contributed by atoms with Gasteiger partial charge in [0.05, 0.1) is 5.52 Å². The van der Waals surface area contributed by atoms with Crippen LogP contribution in [0, 0.1) is 0 Å². The van der Waals surface area contributed by atoms with Gasteiger partial charge in [0.1, 0.15) is 5.15 Å². The number of benzene rings is 1. The number of hydrogen-bond donors (Lipinski definition) is 1. The van der Waals surface area contributed by atoms with Gasteiger partial charge >= 0.3 is 0 Å². The second-order valence-corrected chi connectivity index (χ2v) is 4.94. The highest BCUT2D eigenvalue weighted by molar-refractivity contribution is 6.30. The van der Waals surface area contributed by atoms with E-state index in [9.17, 15) is 0 Å². The molecule has 1 fully saturated rings. The molecule has 0 spiro atoms. The van der Waals surface area contributed by atoms with E-state index in [0.29, 0.717) is 11.2 Å². The van der Waals surface area contributed by atoms with Crippen molar-refractivity contribution in [2.75, 3.05) is 13.1 Å². The maximum atomic E-state index is 6.20. The second kappa shape index (κ2) is 4.26. The van der Waals surface area contributed by atoms with E-state index >= 15 is 0 Å². The van der Waals surface area contributed by atoms with Crippen molar-refractivity contribution in [2.24, 2.45) is 5.73 Å². The first-order valence-electron chi connectivity index (χ1n) is 5.74. The molecule has 17 heavy (non-hydrogen) atoms. The third-order valence-corrected chi connectivity index (χ3v) is 3.46. The molecule has 1 aromatic heterocycles. The third-order valence-electron chi connectivity index (χ3n) is 3.13. The van der Waals surface area contributed by atoms with Crippen molar-refractivity contribution in [3.05, 3.63) is 41.0 Å². The van der Waals surface area contributed by atoms with Crippen molar-refractivity contribution in [2.45, 2.75) is 12.6 Å². The smallest absolute Gasteiger partial charge is 0.134 e. The predicted octanol–water partition coefficient (Wildman–Crippen LogP) is 2.03. The van der Waals surface area contributed by atoms with Gasteiger partial charge in [-0.1, -0.05) is 29.8 Å². The number of fused-ring (bicyclic) bond motifs is 1. The Bertz CT molecular complexity index is 549. The number of pyridine rings is 1. The van der Waals surface area contributed by atoms with E-state index in [2.05, 4.69) is 22.0 Å². The van der Waals surface area contributed by atoms with Crippen LogP contribution < -0.4 is 5.73 Å². The lowest BCUT2D eigenvalue weighted by molar-refractivity contribution is 0.142. The minimum absolute atomic E-state index is 0.321. The number of aromatic nitrogens is 1. The molecule has 88 valence electrons. The number of hydrogen-bond acceptors (Lipinski definition) is 3. The zero-order valence-electron chi connectivity index (χ0n) is 9.44. The molecule has 0 saturated carbocycles. The third kappa shape index (κ3) is 2.14. The summed E-state index contributed by atoms with van der Waals surface area (Å²) in [5, 5.41) is 1.74. The van der Waals surface area contributed by atoms with E-state index in [1.807, 2.05) is 18.2 Å². The number of nitrogens with two attached hydrogens (primary N) is 1. The predicted molar refractivity (Wildman–Crippen MR) is 70.0 cm³/mol. The second-order valence-electron chi connectivity index (χ2n) is 4.59. The molecule has 0 atom stereocenters. The SMILES string of the molecule is NC1CN(Cc2cc3ccccc3nc2Cl)C1. The Kier molecular flexibility index (Phi) is 2.74. The van der Waals surface area contributed by atoms with E-state index < -0.39 is 0 Å². The molecular formula is C13H14ClN3. The molecule has 2 N–H and O–H groups in total. The van der Waals surface area contributed by atoms with Gasteiger partial charge in [0, 0.05) is 36.6 Å². The van der Waals surface area contributed by atoms with Crippen molar-refractivity contribution in [1.29, 1.82) is 0 Å². The summed E-state index contributed by atoms with van der Waals surface area (Å²) in [7, 11) is 0. The molecule has 1 aliphatic rings. The van der Waals surface area contributed by atoms with Gasteiger partial charge in [-0.15, -0.1) is 0 Å². The molecule has 2 aromatic rings. The van der Waals surface area contributed by atoms with Crippen molar-refractivity contribution >= 4 is 22.5 Å². The molecule has 0 bridgehead atoms. The highest BCUT2D eigenvalue weighted by Crippen LogP contribution is 2.23. The van der Waals surface area contributed by atoms with Crippen LogP contribution >= 0.6 is 11.6 Å². The Morgan fingerprint density at radius 2 is 2.12 bits per heavy atom. The fraction of sp³-hybridized carbons (Fsp3) is 0.308. The lowest BCUT2D eigenvalue weighted by atomic mass is 10.1. The Morgan fingerprint density at radius 1 is 1.35 bits per heavy atom. The Hall–Kier alpha value is -1.16. The van der Waals surface area contributed by atoms with E-state index in [4.69, 9.17) is 17.3 Å². The van der Waals surface area contributed by atoms with Gasteiger partial charge in [0.15, 0.2) is 0 Å².